The Morgan fingerprint density at radius 2 is 0.526 bits per heavy atom. The van der Waals surface area contributed by atoms with Crippen LogP contribution in [0.25, 0.3) is 0 Å². The molecule has 0 aromatic carbocycles. The number of carbonyl (C=O) groups excluding carboxylic acids is 2. The minimum Gasteiger partial charge on any atom is -0.466 e. The van der Waals surface area contributed by atoms with E-state index in [1.54, 1.807) is 0 Å². The molecule has 0 heterocycles. The maximum Gasteiger partial charge on any atom is 0.305 e. The monoisotopic (exact) mass is 1100 g/mol. The number of hydrogen-bond acceptors (Lipinski definition) is 5. The van der Waals surface area contributed by atoms with Gasteiger partial charge in [-0.05, 0) is 25.7 Å². The molecule has 0 aromatic rings. The van der Waals surface area contributed by atoms with Gasteiger partial charge in [0.25, 0.3) is 0 Å². The first-order valence-electron chi connectivity index (χ1n) is 36.3. The number of nitrogens with one attached hydrogen (secondary N) is 1. The molecule has 6 nitrogen and oxygen atoms in total. The van der Waals surface area contributed by atoms with E-state index >= 15 is 0 Å². The molecule has 78 heavy (non-hydrogen) atoms. The zero-order valence-corrected chi connectivity index (χ0v) is 53.4. The van der Waals surface area contributed by atoms with E-state index in [9.17, 15) is 19.8 Å². The average Bonchev–Trinajstić information content (AvgIpc) is 3.44. The second-order valence-corrected chi connectivity index (χ2v) is 25.3. The Morgan fingerprint density at radius 1 is 0.308 bits per heavy atom. The maximum absolute atomic E-state index is 12.5. The van der Waals surface area contributed by atoms with Gasteiger partial charge in [-0.25, -0.2) is 0 Å². The number of aliphatic hydroxyl groups excluding tert-OH is 2. The number of carbonyl (C=O) groups is 2. The lowest BCUT2D eigenvalue weighted by atomic mass is 10.0. The van der Waals surface area contributed by atoms with E-state index in [1.807, 2.05) is 0 Å². The van der Waals surface area contributed by atoms with Gasteiger partial charge in [0.2, 0.25) is 5.91 Å². The summed E-state index contributed by atoms with van der Waals surface area (Å²) in [5, 5.41) is 23.3. The summed E-state index contributed by atoms with van der Waals surface area (Å²) in [7, 11) is 0. The third-order valence-electron chi connectivity index (χ3n) is 17.4. The van der Waals surface area contributed by atoms with Crippen molar-refractivity contribution in [1.29, 1.82) is 0 Å². The minimum atomic E-state index is -0.661. The van der Waals surface area contributed by atoms with Gasteiger partial charge in [0.15, 0.2) is 0 Å². The predicted molar refractivity (Wildman–Crippen MR) is 343 cm³/mol. The van der Waals surface area contributed by atoms with Gasteiger partial charge in [-0.15, -0.1) is 0 Å². The molecule has 0 saturated carbocycles. The number of ether oxygens (including phenoxy) is 1. The van der Waals surface area contributed by atoms with Crippen molar-refractivity contribution in [1.82, 2.24) is 5.32 Å². The predicted octanol–water partition coefficient (Wildman–Crippen LogP) is 23.4. The molecule has 6 heteroatoms. The fraction of sp³-hybridized carbons (Fsp3) is 0.972. The highest BCUT2D eigenvalue weighted by Gasteiger charge is 2.20. The Bertz CT molecular complexity index is 1130. The molecule has 0 aliphatic heterocycles. The maximum atomic E-state index is 12.5. The summed E-state index contributed by atoms with van der Waals surface area (Å²) in [5.74, 6) is -0.00334. The van der Waals surface area contributed by atoms with Gasteiger partial charge >= 0.3 is 5.97 Å². The second-order valence-electron chi connectivity index (χ2n) is 25.3. The molecular weight excluding hydrogens is 959 g/mol. The molecule has 1 amide bonds. The number of rotatable bonds is 69. The number of hydrogen-bond donors (Lipinski definition) is 3. The Labute approximate surface area is 489 Å². The quantitative estimate of drug-likeness (QED) is 0.0417. The van der Waals surface area contributed by atoms with Crippen LogP contribution in [0.2, 0.25) is 0 Å². The van der Waals surface area contributed by atoms with Gasteiger partial charge < -0.3 is 20.3 Å². The summed E-state index contributed by atoms with van der Waals surface area (Å²) < 4.78 is 5.51. The molecule has 2 unspecified atom stereocenters. The van der Waals surface area contributed by atoms with Crippen molar-refractivity contribution < 1.29 is 24.5 Å². The molecule has 0 spiro atoms. The van der Waals surface area contributed by atoms with E-state index in [0.717, 1.165) is 38.5 Å². The third kappa shape index (κ3) is 64.0. The van der Waals surface area contributed by atoms with Gasteiger partial charge in [0.1, 0.15) is 0 Å². The highest BCUT2D eigenvalue weighted by atomic mass is 16.5. The Kier molecular flexibility index (Phi) is 67.4. The van der Waals surface area contributed by atoms with Crippen LogP contribution in [0.3, 0.4) is 0 Å². The van der Waals surface area contributed by atoms with Crippen molar-refractivity contribution in [3.63, 3.8) is 0 Å². The van der Waals surface area contributed by atoms with Crippen LogP contribution in [0.5, 0.6) is 0 Å². The van der Waals surface area contributed by atoms with E-state index in [0.29, 0.717) is 25.9 Å². The van der Waals surface area contributed by atoms with E-state index in [2.05, 4.69) is 19.2 Å². The molecule has 3 N–H and O–H groups in total. The molecule has 0 aromatic heterocycles. The number of aliphatic hydroxyl groups is 2. The van der Waals surface area contributed by atoms with Crippen LogP contribution in [0.1, 0.15) is 425 Å². The second kappa shape index (κ2) is 68.4. The van der Waals surface area contributed by atoms with Crippen LogP contribution in [-0.2, 0) is 14.3 Å². The summed E-state index contributed by atoms with van der Waals surface area (Å²) >= 11 is 0. The van der Waals surface area contributed by atoms with Crippen LogP contribution >= 0.6 is 0 Å². The van der Waals surface area contributed by atoms with E-state index < -0.39 is 12.1 Å². The Hall–Kier alpha value is -1.14. The van der Waals surface area contributed by atoms with Crippen molar-refractivity contribution in [2.24, 2.45) is 0 Å². The molecule has 0 fully saturated rings. The van der Waals surface area contributed by atoms with Crippen LogP contribution in [0.4, 0.5) is 0 Å². The highest BCUT2D eigenvalue weighted by Crippen LogP contribution is 2.20. The first-order valence-corrected chi connectivity index (χ1v) is 36.3. The summed E-state index contributed by atoms with van der Waals surface area (Å²) in [5.41, 5.74) is 0. The molecule has 0 radical (unpaired) electrons. The number of esters is 1. The van der Waals surface area contributed by atoms with E-state index in [4.69, 9.17) is 4.74 Å². The highest BCUT2D eigenvalue weighted by molar-refractivity contribution is 5.76. The minimum absolute atomic E-state index is 0.0246. The lowest BCUT2D eigenvalue weighted by molar-refractivity contribution is -0.143. The first-order chi connectivity index (χ1) is 38.5. The van der Waals surface area contributed by atoms with Crippen LogP contribution in [-0.4, -0.2) is 47.4 Å². The van der Waals surface area contributed by atoms with Gasteiger partial charge in [0, 0.05) is 12.8 Å². The van der Waals surface area contributed by atoms with Crippen molar-refractivity contribution in [3.05, 3.63) is 0 Å². The average molecular weight is 1100 g/mol. The fourth-order valence-electron chi connectivity index (χ4n) is 11.9. The molecule has 0 rings (SSSR count). The summed E-state index contributed by atoms with van der Waals surface area (Å²) in [4.78, 5) is 24.6. The molecule has 0 bridgehead atoms. The molecular formula is C72H143NO5. The smallest absolute Gasteiger partial charge is 0.305 e. The van der Waals surface area contributed by atoms with Crippen molar-refractivity contribution >= 4 is 11.9 Å². The zero-order chi connectivity index (χ0) is 56.4. The molecule has 0 saturated heterocycles. The SMILES string of the molecule is CCCCCCCCCCCCCCCCCCCCC(=O)OCCCCCCCCCCCCCCCCCCCCCCCCCCCCCCC(=O)NC(CO)C(O)CCCCCCCCCCCCCCCCC. The molecule has 466 valence electrons. The number of unbranched alkanes of at least 4 members (excludes halogenated alkanes) is 58. The van der Waals surface area contributed by atoms with Crippen molar-refractivity contribution in [2.45, 2.75) is 437 Å². The normalized spacial score (nSPS) is 12.4. The molecule has 2 atom stereocenters. The Morgan fingerprint density at radius 3 is 0.782 bits per heavy atom. The summed E-state index contributed by atoms with van der Waals surface area (Å²) in [6.07, 6.45) is 83.1. The van der Waals surface area contributed by atoms with E-state index in [-0.39, 0.29) is 18.5 Å². The van der Waals surface area contributed by atoms with Crippen LogP contribution in [0.15, 0.2) is 0 Å². The van der Waals surface area contributed by atoms with Crippen molar-refractivity contribution in [2.75, 3.05) is 13.2 Å². The van der Waals surface area contributed by atoms with Crippen molar-refractivity contribution in [3.8, 4) is 0 Å². The topological polar surface area (TPSA) is 95.9 Å². The standard InChI is InChI=1S/C72H143NO5/c1-3-5-7-9-11-13-15-17-19-20-34-38-42-46-50-54-58-62-66-72(77)78-67-63-59-55-51-47-43-39-35-32-30-28-26-24-22-21-23-25-27-29-31-33-37-41-45-49-53-57-61-65-71(76)73-69(68-74)70(75)64-60-56-52-48-44-40-36-18-16-14-12-10-8-6-4-2/h69-70,74-75H,3-68H2,1-2H3,(H,73,76). The number of amides is 1. The lowest BCUT2D eigenvalue weighted by Gasteiger charge is -2.22. The summed E-state index contributed by atoms with van der Waals surface area (Å²) in [6.45, 7) is 5.01. The Balaban J connectivity index is 3.31. The van der Waals surface area contributed by atoms with E-state index in [1.165, 1.54) is 353 Å². The van der Waals surface area contributed by atoms with Gasteiger partial charge in [-0.1, -0.05) is 386 Å². The zero-order valence-electron chi connectivity index (χ0n) is 53.4. The van der Waals surface area contributed by atoms with Crippen LogP contribution in [0, 0.1) is 0 Å². The van der Waals surface area contributed by atoms with Crippen LogP contribution < -0.4 is 5.32 Å². The first kappa shape index (κ1) is 76.9. The third-order valence-corrected chi connectivity index (χ3v) is 17.4. The molecule has 0 aliphatic carbocycles. The lowest BCUT2D eigenvalue weighted by Crippen LogP contribution is -2.45. The fourth-order valence-corrected chi connectivity index (χ4v) is 11.9. The molecule has 0 aliphatic rings. The largest absolute Gasteiger partial charge is 0.466 e. The van der Waals surface area contributed by atoms with Gasteiger partial charge in [0.05, 0.1) is 25.4 Å². The van der Waals surface area contributed by atoms with Gasteiger partial charge in [-0.2, -0.15) is 0 Å². The summed E-state index contributed by atoms with van der Waals surface area (Å²) in [6, 6.07) is -0.538. The van der Waals surface area contributed by atoms with Gasteiger partial charge in [-0.3, -0.25) is 9.59 Å².